The molecular weight excluding hydrogens is 202 g/mol. The summed E-state index contributed by atoms with van der Waals surface area (Å²) in [6.07, 6.45) is 6.71. The number of hydrogen-bond donors (Lipinski definition) is 0. The van der Waals surface area contributed by atoms with Crippen LogP contribution in [0.15, 0.2) is 0 Å². The SMILES string of the molecule is CC1CCCC(N2CCC(=O)CC2=O)CC1. The molecular formula is C13H21NO2. The molecule has 2 fully saturated rings. The quantitative estimate of drug-likeness (QED) is 0.504. The van der Waals surface area contributed by atoms with Gasteiger partial charge < -0.3 is 4.90 Å². The lowest BCUT2D eigenvalue weighted by Crippen LogP contribution is -2.45. The molecule has 1 aliphatic heterocycles. The van der Waals surface area contributed by atoms with Crippen LogP contribution in [0.3, 0.4) is 0 Å². The van der Waals surface area contributed by atoms with Crippen molar-refractivity contribution < 1.29 is 9.59 Å². The Morgan fingerprint density at radius 1 is 1.12 bits per heavy atom. The monoisotopic (exact) mass is 223 g/mol. The standard InChI is InChI=1S/C13H21NO2/c1-10-3-2-4-11(6-5-10)14-8-7-12(15)9-13(14)16/h10-11H,2-9H2,1H3. The van der Waals surface area contributed by atoms with Gasteiger partial charge in [0.25, 0.3) is 0 Å². The first-order chi connectivity index (χ1) is 7.66. The van der Waals surface area contributed by atoms with Crippen molar-refractivity contribution in [1.29, 1.82) is 0 Å². The fraction of sp³-hybridized carbons (Fsp3) is 0.846. The van der Waals surface area contributed by atoms with Gasteiger partial charge in [-0.25, -0.2) is 0 Å². The summed E-state index contributed by atoms with van der Waals surface area (Å²) in [6, 6.07) is 0.408. The van der Waals surface area contributed by atoms with Crippen LogP contribution in [-0.2, 0) is 9.59 Å². The maximum atomic E-state index is 11.8. The average molecular weight is 223 g/mol. The van der Waals surface area contributed by atoms with Gasteiger partial charge in [-0.2, -0.15) is 0 Å². The number of carbonyl (C=O) groups is 2. The number of hydrogen-bond acceptors (Lipinski definition) is 2. The van der Waals surface area contributed by atoms with Crippen LogP contribution in [0.1, 0.15) is 51.9 Å². The molecule has 0 aromatic carbocycles. The zero-order valence-electron chi connectivity index (χ0n) is 10.1. The number of piperidine rings is 1. The third-order valence-electron chi connectivity index (χ3n) is 3.97. The van der Waals surface area contributed by atoms with E-state index in [9.17, 15) is 9.59 Å². The van der Waals surface area contributed by atoms with Gasteiger partial charge in [-0.15, -0.1) is 0 Å². The average Bonchev–Trinajstić information content (AvgIpc) is 2.43. The molecule has 2 aliphatic rings. The molecule has 1 amide bonds. The fourth-order valence-corrected chi connectivity index (χ4v) is 2.89. The van der Waals surface area contributed by atoms with Gasteiger partial charge in [-0.05, 0) is 25.2 Å². The molecule has 2 rings (SSSR count). The Bertz CT molecular complexity index is 288. The highest BCUT2D eigenvalue weighted by Gasteiger charge is 2.30. The molecule has 0 aromatic rings. The van der Waals surface area contributed by atoms with Crippen molar-refractivity contribution >= 4 is 11.7 Å². The van der Waals surface area contributed by atoms with E-state index in [0.717, 1.165) is 18.8 Å². The Kier molecular flexibility index (Phi) is 3.62. The second-order valence-electron chi connectivity index (χ2n) is 5.32. The third-order valence-corrected chi connectivity index (χ3v) is 3.97. The Hall–Kier alpha value is -0.860. The highest BCUT2D eigenvalue weighted by molar-refractivity contribution is 6.00. The first-order valence-corrected chi connectivity index (χ1v) is 6.48. The van der Waals surface area contributed by atoms with Gasteiger partial charge in [0.2, 0.25) is 5.91 Å². The number of amides is 1. The second kappa shape index (κ2) is 4.98. The van der Waals surface area contributed by atoms with Crippen LogP contribution in [0.5, 0.6) is 0 Å². The van der Waals surface area contributed by atoms with E-state index in [0.29, 0.717) is 19.0 Å². The van der Waals surface area contributed by atoms with E-state index < -0.39 is 0 Å². The molecule has 1 saturated carbocycles. The Morgan fingerprint density at radius 2 is 1.94 bits per heavy atom. The predicted molar refractivity (Wildman–Crippen MR) is 62.0 cm³/mol. The van der Waals surface area contributed by atoms with E-state index in [1.807, 2.05) is 4.90 Å². The molecule has 1 heterocycles. The fourth-order valence-electron chi connectivity index (χ4n) is 2.89. The molecule has 3 nitrogen and oxygen atoms in total. The number of ketones is 1. The van der Waals surface area contributed by atoms with Gasteiger partial charge in [0.15, 0.2) is 0 Å². The number of rotatable bonds is 1. The van der Waals surface area contributed by atoms with Gasteiger partial charge in [0.05, 0.1) is 6.42 Å². The first kappa shape index (κ1) is 11.6. The van der Waals surface area contributed by atoms with Crippen molar-refractivity contribution in [2.24, 2.45) is 5.92 Å². The number of Topliss-reactive ketones (excluding diaryl/α,β-unsaturated/α-hetero) is 1. The third kappa shape index (κ3) is 2.63. The number of carbonyl (C=O) groups excluding carboxylic acids is 2. The molecule has 2 unspecified atom stereocenters. The number of likely N-dealkylation sites (tertiary alicyclic amines) is 1. The Balaban J connectivity index is 1.95. The van der Waals surface area contributed by atoms with Crippen LogP contribution in [0, 0.1) is 5.92 Å². The molecule has 0 N–H and O–H groups in total. The van der Waals surface area contributed by atoms with Crippen molar-refractivity contribution in [2.45, 2.75) is 57.9 Å². The van der Waals surface area contributed by atoms with Crippen LogP contribution in [0.2, 0.25) is 0 Å². The summed E-state index contributed by atoms with van der Waals surface area (Å²) in [5.41, 5.74) is 0. The van der Waals surface area contributed by atoms with Gasteiger partial charge in [0, 0.05) is 19.0 Å². The lowest BCUT2D eigenvalue weighted by Gasteiger charge is -2.33. The van der Waals surface area contributed by atoms with E-state index >= 15 is 0 Å². The smallest absolute Gasteiger partial charge is 0.230 e. The molecule has 0 aromatic heterocycles. The van der Waals surface area contributed by atoms with Crippen molar-refractivity contribution in [3.05, 3.63) is 0 Å². The van der Waals surface area contributed by atoms with Crippen LogP contribution in [-0.4, -0.2) is 29.2 Å². The van der Waals surface area contributed by atoms with Crippen molar-refractivity contribution in [1.82, 2.24) is 4.90 Å². The van der Waals surface area contributed by atoms with Crippen molar-refractivity contribution in [3.8, 4) is 0 Å². The van der Waals surface area contributed by atoms with E-state index in [1.165, 1.54) is 19.3 Å². The molecule has 0 bridgehead atoms. The molecule has 1 aliphatic carbocycles. The molecule has 3 heteroatoms. The minimum atomic E-state index is 0.0656. The van der Waals surface area contributed by atoms with Crippen LogP contribution < -0.4 is 0 Å². The van der Waals surface area contributed by atoms with Crippen molar-refractivity contribution in [2.75, 3.05) is 6.54 Å². The zero-order valence-corrected chi connectivity index (χ0v) is 10.1. The summed E-state index contributed by atoms with van der Waals surface area (Å²) in [4.78, 5) is 24.9. The summed E-state index contributed by atoms with van der Waals surface area (Å²) < 4.78 is 0. The lowest BCUT2D eigenvalue weighted by atomic mass is 10.0. The second-order valence-corrected chi connectivity index (χ2v) is 5.32. The van der Waals surface area contributed by atoms with E-state index in [2.05, 4.69) is 6.92 Å². The van der Waals surface area contributed by atoms with Crippen LogP contribution in [0.4, 0.5) is 0 Å². The maximum absolute atomic E-state index is 11.8. The predicted octanol–water partition coefficient (Wildman–Crippen LogP) is 2.15. The van der Waals surface area contributed by atoms with Gasteiger partial charge in [-0.3, -0.25) is 9.59 Å². The topological polar surface area (TPSA) is 37.4 Å². The minimum absolute atomic E-state index is 0.0656. The Morgan fingerprint density at radius 3 is 2.69 bits per heavy atom. The van der Waals surface area contributed by atoms with Crippen LogP contribution >= 0.6 is 0 Å². The lowest BCUT2D eigenvalue weighted by molar-refractivity contribution is -0.141. The van der Waals surface area contributed by atoms with E-state index in [4.69, 9.17) is 0 Å². The maximum Gasteiger partial charge on any atom is 0.230 e. The zero-order chi connectivity index (χ0) is 11.5. The summed E-state index contributed by atoms with van der Waals surface area (Å²) in [5, 5.41) is 0. The van der Waals surface area contributed by atoms with E-state index in [-0.39, 0.29) is 18.1 Å². The van der Waals surface area contributed by atoms with E-state index in [1.54, 1.807) is 0 Å². The summed E-state index contributed by atoms with van der Waals surface area (Å²) >= 11 is 0. The highest BCUT2D eigenvalue weighted by Crippen LogP contribution is 2.27. The summed E-state index contributed by atoms with van der Waals surface area (Å²) in [5.74, 6) is 0.977. The largest absolute Gasteiger partial charge is 0.339 e. The molecule has 2 atom stereocenters. The molecule has 1 saturated heterocycles. The molecule has 16 heavy (non-hydrogen) atoms. The highest BCUT2D eigenvalue weighted by atomic mass is 16.2. The molecule has 0 spiro atoms. The minimum Gasteiger partial charge on any atom is -0.339 e. The Labute approximate surface area is 97.2 Å². The first-order valence-electron chi connectivity index (χ1n) is 6.48. The van der Waals surface area contributed by atoms with Gasteiger partial charge in [0.1, 0.15) is 5.78 Å². The van der Waals surface area contributed by atoms with Crippen molar-refractivity contribution in [3.63, 3.8) is 0 Å². The summed E-state index contributed by atoms with van der Waals surface area (Å²) in [7, 11) is 0. The van der Waals surface area contributed by atoms with Crippen LogP contribution in [0.25, 0.3) is 0 Å². The van der Waals surface area contributed by atoms with Gasteiger partial charge in [-0.1, -0.05) is 19.8 Å². The number of nitrogens with zero attached hydrogens (tertiary/aromatic N) is 1. The molecule has 0 radical (unpaired) electrons. The molecule has 90 valence electrons. The van der Waals surface area contributed by atoms with Gasteiger partial charge >= 0.3 is 0 Å². The normalized spacial score (nSPS) is 32.7. The summed E-state index contributed by atoms with van der Waals surface area (Å²) in [6.45, 7) is 2.96.